The van der Waals surface area contributed by atoms with Crippen LogP contribution in [0.4, 0.5) is 5.69 Å². The highest BCUT2D eigenvalue weighted by molar-refractivity contribution is 5.73. The molecule has 0 saturated carbocycles. The van der Waals surface area contributed by atoms with E-state index in [4.69, 9.17) is 10.5 Å². The van der Waals surface area contributed by atoms with Crippen LogP contribution in [0.15, 0.2) is 72.8 Å². The molecule has 0 spiro atoms. The lowest BCUT2D eigenvalue weighted by Gasteiger charge is -2.08. The molecule has 0 heterocycles. The van der Waals surface area contributed by atoms with Crippen LogP contribution in [0.3, 0.4) is 0 Å². The van der Waals surface area contributed by atoms with Crippen molar-refractivity contribution in [3.8, 4) is 28.0 Å². The Morgan fingerprint density at radius 1 is 0.667 bits per heavy atom. The molecule has 2 nitrogen and oxygen atoms in total. The fourth-order valence-electron chi connectivity index (χ4n) is 2.40. The van der Waals surface area contributed by atoms with Crippen LogP contribution in [0.1, 0.15) is 0 Å². The van der Waals surface area contributed by atoms with Crippen LogP contribution >= 0.6 is 0 Å². The fraction of sp³-hybridized carbons (Fsp3) is 0.0526. The van der Waals surface area contributed by atoms with Crippen LogP contribution in [-0.2, 0) is 0 Å². The van der Waals surface area contributed by atoms with Crippen molar-refractivity contribution in [3.63, 3.8) is 0 Å². The molecule has 0 bridgehead atoms. The molecule has 21 heavy (non-hydrogen) atoms. The molecule has 0 aliphatic rings. The van der Waals surface area contributed by atoms with Crippen molar-refractivity contribution in [1.82, 2.24) is 0 Å². The smallest absolute Gasteiger partial charge is 0.141 e. The van der Waals surface area contributed by atoms with Gasteiger partial charge >= 0.3 is 0 Å². The van der Waals surface area contributed by atoms with Gasteiger partial charge in [0.2, 0.25) is 0 Å². The first-order chi connectivity index (χ1) is 10.3. The number of nitrogens with two attached hydrogens (primary N) is 1. The minimum atomic E-state index is 0.655. The van der Waals surface area contributed by atoms with Crippen LogP contribution in [0, 0.1) is 0 Å². The first-order valence-corrected chi connectivity index (χ1v) is 6.87. The van der Waals surface area contributed by atoms with E-state index in [9.17, 15) is 0 Å². The van der Waals surface area contributed by atoms with Gasteiger partial charge in [0.05, 0.1) is 12.8 Å². The van der Waals surface area contributed by atoms with Crippen molar-refractivity contribution in [2.45, 2.75) is 0 Å². The van der Waals surface area contributed by atoms with Gasteiger partial charge in [-0.15, -0.1) is 0 Å². The topological polar surface area (TPSA) is 35.2 Å². The molecule has 0 radical (unpaired) electrons. The quantitative estimate of drug-likeness (QED) is 0.708. The molecule has 0 aliphatic heterocycles. The molecule has 104 valence electrons. The molecule has 3 aromatic rings. The second-order valence-electron chi connectivity index (χ2n) is 4.90. The van der Waals surface area contributed by atoms with E-state index >= 15 is 0 Å². The van der Waals surface area contributed by atoms with Gasteiger partial charge in [-0.25, -0.2) is 0 Å². The van der Waals surface area contributed by atoms with Crippen LogP contribution in [0.5, 0.6) is 5.75 Å². The maximum Gasteiger partial charge on any atom is 0.141 e. The zero-order valence-electron chi connectivity index (χ0n) is 11.9. The average molecular weight is 275 g/mol. The summed E-state index contributed by atoms with van der Waals surface area (Å²) in [6.07, 6.45) is 0. The highest BCUT2D eigenvalue weighted by Gasteiger charge is 2.03. The van der Waals surface area contributed by atoms with E-state index in [2.05, 4.69) is 36.4 Å². The van der Waals surface area contributed by atoms with Gasteiger partial charge in [0, 0.05) is 0 Å². The summed E-state index contributed by atoms with van der Waals surface area (Å²) >= 11 is 0. The molecule has 0 fully saturated rings. The lowest BCUT2D eigenvalue weighted by atomic mass is 10.00. The Bertz CT molecular complexity index is 733. The number of methoxy groups -OCH3 is 1. The number of rotatable bonds is 3. The van der Waals surface area contributed by atoms with Gasteiger partial charge in [-0.1, -0.05) is 60.7 Å². The third-order valence-corrected chi connectivity index (χ3v) is 3.56. The Balaban J connectivity index is 1.92. The third-order valence-electron chi connectivity index (χ3n) is 3.56. The van der Waals surface area contributed by atoms with Crippen molar-refractivity contribution in [2.24, 2.45) is 0 Å². The Kier molecular flexibility index (Phi) is 3.61. The Hall–Kier alpha value is -2.74. The zero-order chi connectivity index (χ0) is 14.7. The van der Waals surface area contributed by atoms with Crippen molar-refractivity contribution >= 4 is 5.69 Å². The maximum atomic E-state index is 5.97. The number of hydrogen-bond donors (Lipinski definition) is 1. The fourth-order valence-corrected chi connectivity index (χ4v) is 2.40. The molecule has 2 N–H and O–H groups in total. The molecular weight excluding hydrogens is 258 g/mol. The van der Waals surface area contributed by atoms with E-state index in [1.165, 1.54) is 11.1 Å². The number of benzene rings is 3. The lowest BCUT2D eigenvalue weighted by Crippen LogP contribution is -1.92. The third kappa shape index (κ3) is 2.75. The van der Waals surface area contributed by atoms with Gasteiger partial charge in [0.25, 0.3) is 0 Å². The van der Waals surface area contributed by atoms with E-state index in [1.807, 2.05) is 36.4 Å². The molecule has 0 aromatic heterocycles. The van der Waals surface area contributed by atoms with Gasteiger partial charge in [-0.3, -0.25) is 0 Å². The van der Waals surface area contributed by atoms with E-state index in [0.717, 1.165) is 11.1 Å². The van der Waals surface area contributed by atoms with Gasteiger partial charge in [0.15, 0.2) is 0 Å². The normalized spacial score (nSPS) is 10.3. The van der Waals surface area contributed by atoms with Gasteiger partial charge < -0.3 is 10.5 Å². The van der Waals surface area contributed by atoms with E-state index < -0.39 is 0 Å². The van der Waals surface area contributed by atoms with Gasteiger partial charge in [-0.05, 0) is 34.4 Å². The summed E-state index contributed by atoms with van der Waals surface area (Å²) in [7, 11) is 1.63. The summed E-state index contributed by atoms with van der Waals surface area (Å²) in [6.45, 7) is 0. The summed E-state index contributed by atoms with van der Waals surface area (Å²) in [5.41, 5.74) is 11.3. The summed E-state index contributed by atoms with van der Waals surface area (Å²) in [5.74, 6) is 0.708. The molecular formula is C19H17NO. The van der Waals surface area contributed by atoms with Crippen molar-refractivity contribution in [2.75, 3.05) is 12.8 Å². The number of hydrogen-bond acceptors (Lipinski definition) is 2. The molecule has 0 amide bonds. The molecule has 0 saturated heterocycles. The van der Waals surface area contributed by atoms with Crippen LogP contribution in [0.2, 0.25) is 0 Å². The minimum absolute atomic E-state index is 0.655. The van der Waals surface area contributed by atoms with Crippen LogP contribution in [-0.4, -0.2) is 7.11 Å². The second-order valence-corrected chi connectivity index (χ2v) is 4.90. The largest absolute Gasteiger partial charge is 0.495 e. The molecule has 3 rings (SSSR count). The predicted octanol–water partition coefficient (Wildman–Crippen LogP) is 4.61. The zero-order valence-corrected chi connectivity index (χ0v) is 11.9. The van der Waals surface area contributed by atoms with Crippen LogP contribution < -0.4 is 10.5 Å². The second kappa shape index (κ2) is 5.71. The monoisotopic (exact) mass is 275 g/mol. The van der Waals surface area contributed by atoms with Crippen molar-refractivity contribution in [1.29, 1.82) is 0 Å². The molecule has 3 aromatic carbocycles. The summed E-state index contributed by atoms with van der Waals surface area (Å²) in [4.78, 5) is 0. The number of nitrogen functional groups attached to an aromatic ring is 1. The first-order valence-electron chi connectivity index (χ1n) is 6.87. The Morgan fingerprint density at radius 2 is 1.19 bits per heavy atom. The highest BCUT2D eigenvalue weighted by atomic mass is 16.5. The predicted molar refractivity (Wildman–Crippen MR) is 88.3 cm³/mol. The Morgan fingerprint density at radius 3 is 1.76 bits per heavy atom. The Labute approximate surface area is 124 Å². The summed E-state index contributed by atoms with van der Waals surface area (Å²) in [5, 5.41) is 0. The molecule has 0 aliphatic carbocycles. The standard InChI is InChI=1S/C19H17NO/c1-21-19-12-11-17(13-18(19)20)16-9-7-15(8-10-16)14-5-3-2-4-6-14/h2-13H,20H2,1H3. The summed E-state index contributed by atoms with van der Waals surface area (Å²) in [6, 6.07) is 24.7. The molecule has 0 atom stereocenters. The van der Waals surface area contributed by atoms with E-state index in [0.29, 0.717) is 11.4 Å². The minimum Gasteiger partial charge on any atom is -0.495 e. The van der Waals surface area contributed by atoms with E-state index in [1.54, 1.807) is 7.11 Å². The average Bonchev–Trinajstić information content (AvgIpc) is 2.56. The van der Waals surface area contributed by atoms with Crippen molar-refractivity contribution < 1.29 is 4.74 Å². The summed E-state index contributed by atoms with van der Waals surface area (Å²) < 4.78 is 5.19. The lowest BCUT2D eigenvalue weighted by molar-refractivity contribution is 0.417. The van der Waals surface area contributed by atoms with E-state index in [-0.39, 0.29) is 0 Å². The molecule has 0 unspecified atom stereocenters. The number of anilines is 1. The molecule has 2 heteroatoms. The van der Waals surface area contributed by atoms with Crippen molar-refractivity contribution in [3.05, 3.63) is 72.8 Å². The van der Waals surface area contributed by atoms with Crippen LogP contribution in [0.25, 0.3) is 22.3 Å². The van der Waals surface area contributed by atoms with Gasteiger partial charge in [0.1, 0.15) is 5.75 Å². The van der Waals surface area contributed by atoms with Gasteiger partial charge in [-0.2, -0.15) is 0 Å². The highest BCUT2D eigenvalue weighted by Crippen LogP contribution is 2.29. The first kappa shape index (κ1) is 13.3. The number of ether oxygens (including phenoxy) is 1. The SMILES string of the molecule is COc1ccc(-c2ccc(-c3ccccc3)cc2)cc1N. The maximum absolute atomic E-state index is 5.97.